The van der Waals surface area contributed by atoms with E-state index in [0.717, 1.165) is 5.69 Å². The number of aromatic nitrogens is 2. The molecular formula is C12H13N5O. The van der Waals surface area contributed by atoms with Crippen LogP contribution in [0.4, 0.5) is 11.4 Å². The first-order chi connectivity index (χ1) is 8.74. The van der Waals surface area contributed by atoms with E-state index in [9.17, 15) is 4.79 Å². The van der Waals surface area contributed by atoms with Gasteiger partial charge in [0, 0.05) is 37.5 Å². The van der Waals surface area contributed by atoms with Gasteiger partial charge in [-0.15, -0.1) is 0 Å². The lowest BCUT2D eigenvalue weighted by molar-refractivity contribution is 0.0993. The van der Waals surface area contributed by atoms with Gasteiger partial charge < -0.3 is 10.3 Å². The maximum absolute atomic E-state index is 12.3. The summed E-state index contributed by atoms with van der Waals surface area (Å²) in [7, 11) is 1.69. The van der Waals surface area contributed by atoms with E-state index in [1.807, 2.05) is 0 Å². The van der Waals surface area contributed by atoms with Crippen molar-refractivity contribution in [2.24, 2.45) is 5.84 Å². The van der Waals surface area contributed by atoms with Gasteiger partial charge in [-0.25, -0.2) is 0 Å². The average Bonchev–Trinajstić information content (AvgIpc) is 2.46. The second-order valence-corrected chi connectivity index (χ2v) is 3.64. The van der Waals surface area contributed by atoms with E-state index in [2.05, 4.69) is 15.4 Å². The Hall–Kier alpha value is -2.47. The van der Waals surface area contributed by atoms with Gasteiger partial charge in [-0.1, -0.05) is 0 Å². The molecule has 2 rings (SSSR count). The zero-order valence-corrected chi connectivity index (χ0v) is 9.87. The second-order valence-electron chi connectivity index (χ2n) is 3.64. The fourth-order valence-corrected chi connectivity index (χ4v) is 1.56. The molecule has 0 saturated heterocycles. The lowest BCUT2D eigenvalue weighted by Crippen LogP contribution is -2.27. The molecule has 2 heterocycles. The average molecular weight is 243 g/mol. The molecule has 18 heavy (non-hydrogen) atoms. The number of nitrogens with one attached hydrogen (secondary N) is 1. The Morgan fingerprint density at radius 2 is 1.89 bits per heavy atom. The number of rotatable bonds is 3. The van der Waals surface area contributed by atoms with Gasteiger partial charge in [-0.3, -0.25) is 20.6 Å². The van der Waals surface area contributed by atoms with Gasteiger partial charge in [-0.2, -0.15) is 0 Å². The molecule has 2 aromatic heterocycles. The summed E-state index contributed by atoms with van der Waals surface area (Å²) in [6.45, 7) is 0. The van der Waals surface area contributed by atoms with Gasteiger partial charge in [0.2, 0.25) is 0 Å². The first kappa shape index (κ1) is 12.0. The molecule has 6 nitrogen and oxygen atoms in total. The highest BCUT2D eigenvalue weighted by atomic mass is 16.2. The van der Waals surface area contributed by atoms with Crippen molar-refractivity contribution < 1.29 is 4.79 Å². The largest absolute Gasteiger partial charge is 0.323 e. The highest BCUT2D eigenvalue weighted by Crippen LogP contribution is 2.18. The number of nitrogens with zero attached hydrogens (tertiary/aromatic N) is 3. The Labute approximate surface area is 104 Å². The van der Waals surface area contributed by atoms with E-state index in [1.165, 1.54) is 11.1 Å². The van der Waals surface area contributed by atoms with Gasteiger partial charge in [0.25, 0.3) is 5.91 Å². The van der Waals surface area contributed by atoms with Gasteiger partial charge in [0.05, 0.1) is 11.3 Å². The van der Waals surface area contributed by atoms with Crippen LogP contribution in [0.25, 0.3) is 0 Å². The van der Waals surface area contributed by atoms with Crippen molar-refractivity contribution in [3.05, 3.63) is 48.5 Å². The highest BCUT2D eigenvalue weighted by molar-refractivity contribution is 6.08. The van der Waals surface area contributed by atoms with Crippen LogP contribution in [0.1, 0.15) is 10.4 Å². The highest BCUT2D eigenvalue weighted by Gasteiger charge is 2.16. The minimum atomic E-state index is -0.192. The van der Waals surface area contributed by atoms with Crippen LogP contribution < -0.4 is 16.2 Å². The maximum atomic E-state index is 12.3. The molecule has 0 aliphatic carbocycles. The summed E-state index contributed by atoms with van der Waals surface area (Å²) in [5, 5.41) is 0. The summed E-state index contributed by atoms with van der Waals surface area (Å²) >= 11 is 0. The van der Waals surface area contributed by atoms with Crippen LogP contribution in [0.3, 0.4) is 0 Å². The summed E-state index contributed by atoms with van der Waals surface area (Å²) < 4.78 is 0. The first-order valence-corrected chi connectivity index (χ1v) is 5.32. The van der Waals surface area contributed by atoms with Crippen LogP contribution >= 0.6 is 0 Å². The number of nitrogens with two attached hydrogens (primary N) is 1. The first-order valence-electron chi connectivity index (χ1n) is 5.32. The molecule has 2 aromatic rings. The van der Waals surface area contributed by atoms with E-state index in [4.69, 9.17) is 5.84 Å². The SMILES string of the molecule is CN(C(=O)c1cnccc1NN)c1ccncc1. The van der Waals surface area contributed by atoms with Crippen molar-refractivity contribution in [2.45, 2.75) is 0 Å². The molecule has 0 radical (unpaired) electrons. The van der Waals surface area contributed by atoms with E-state index in [1.54, 1.807) is 43.8 Å². The summed E-state index contributed by atoms with van der Waals surface area (Å²) in [4.78, 5) is 21.7. The number of pyridine rings is 2. The molecule has 0 bridgehead atoms. The van der Waals surface area contributed by atoms with Crippen LogP contribution in [0.15, 0.2) is 43.0 Å². The van der Waals surface area contributed by atoms with Crippen molar-refractivity contribution in [1.29, 1.82) is 0 Å². The third kappa shape index (κ3) is 2.28. The smallest absolute Gasteiger partial charge is 0.261 e. The number of amides is 1. The fraction of sp³-hybridized carbons (Fsp3) is 0.0833. The number of carbonyl (C=O) groups excluding carboxylic acids is 1. The Balaban J connectivity index is 2.32. The molecule has 0 aliphatic rings. The second kappa shape index (κ2) is 5.24. The Morgan fingerprint density at radius 3 is 2.56 bits per heavy atom. The van der Waals surface area contributed by atoms with Crippen LogP contribution in [-0.2, 0) is 0 Å². The number of anilines is 2. The minimum absolute atomic E-state index is 0.192. The quantitative estimate of drug-likeness (QED) is 0.621. The molecule has 0 aliphatic heterocycles. The molecule has 6 heteroatoms. The summed E-state index contributed by atoms with van der Waals surface area (Å²) in [5.41, 5.74) is 4.19. The van der Waals surface area contributed by atoms with Crippen molar-refractivity contribution >= 4 is 17.3 Å². The predicted molar refractivity (Wildman–Crippen MR) is 69.0 cm³/mol. The molecule has 0 aromatic carbocycles. The summed E-state index contributed by atoms with van der Waals surface area (Å²) in [5.74, 6) is 5.18. The van der Waals surface area contributed by atoms with Gasteiger partial charge in [0.15, 0.2) is 0 Å². The van der Waals surface area contributed by atoms with Crippen LogP contribution in [0, 0.1) is 0 Å². The third-order valence-electron chi connectivity index (χ3n) is 2.56. The van der Waals surface area contributed by atoms with Crippen LogP contribution in [0.2, 0.25) is 0 Å². The standard InChI is InChI=1S/C12H13N5O/c1-17(9-2-5-14-6-3-9)12(18)10-8-15-7-4-11(10)16-13/h2-8H,13H2,1H3,(H,15,16). The molecule has 92 valence electrons. The lowest BCUT2D eigenvalue weighted by atomic mass is 10.2. The topological polar surface area (TPSA) is 84.1 Å². The maximum Gasteiger partial charge on any atom is 0.261 e. The number of hydrogen-bond acceptors (Lipinski definition) is 5. The monoisotopic (exact) mass is 243 g/mol. The van der Waals surface area contributed by atoms with Crippen LogP contribution in [0.5, 0.6) is 0 Å². The summed E-state index contributed by atoms with van der Waals surface area (Å²) in [6, 6.07) is 5.15. The normalized spacial score (nSPS) is 9.89. The van der Waals surface area contributed by atoms with Crippen LogP contribution in [-0.4, -0.2) is 22.9 Å². The fourth-order valence-electron chi connectivity index (χ4n) is 1.56. The zero-order valence-electron chi connectivity index (χ0n) is 9.87. The predicted octanol–water partition coefficient (Wildman–Crippen LogP) is 1.04. The van der Waals surface area contributed by atoms with Gasteiger partial charge in [-0.05, 0) is 18.2 Å². The minimum Gasteiger partial charge on any atom is -0.323 e. The molecule has 0 spiro atoms. The van der Waals surface area contributed by atoms with E-state index in [0.29, 0.717) is 11.3 Å². The number of carbonyl (C=O) groups is 1. The summed E-state index contributed by atoms with van der Waals surface area (Å²) in [6.07, 6.45) is 6.31. The molecule has 3 N–H and O–H groups in total. The Morgan fingerprint density at radius 1 is 1.22 bits per heavy atom. The zero-order chi connectivity index (χ0) is 13.0. The Bertz CT molecular complexity index is 543. The van der Waals surface area contributed by atoms with Gasteiger partial charge >= 0.3 is 0 Å². The van der Waals surface area contributed by atoms with E-state index < -0.39 is 0 Å². The molecule has 0 unspecified atom stereocenters. The molecular weight excluding hydrogens is 230 g/mol. The number of hydrogen-bond donors (Lipinski definition) is 2. The third-order valence-corrected chi connectivity index (χ3v) is 2.56. The Kier molecular flexibility index (Phi) is 3.49. The molecule has 0 fully saturated rings. The lowest BCUT2D eigenvalue weighted by Gasteiger charge is -2.18. The number of nitrogen functional groups attached to an aromatic ring is 1. The molecule has 1 amide bonds. The molecule has 0 saturated carbocycles. The van der Waals surface area contributed by atoms with Gasteiger partial charge in [0.1, 0.15) is 0 Å². The molecule has 0 atom stereocenters. The van der Waals surface area contributed by atoms with E-state index >= 15 is 0 Å². The number of hydrazine groups is 1. The van der Waals surface area contributed by atoms with Crippen molar-refractivity contribution in [2.75, 3.05) is 17.4 Å². The van der Waals surface area contributed by atoms with Crippen molar-refractivity contribution in [1.82, 2.24) is 9.97 Å². The van der Waals surface area contributed by atoms with Crippen molar-refractivity contribution in [3.8, 4) is 0 Å². The van der Waals surface area contributed by atoms with E-state index in [-0.39, 0.29) is 5.91 Å². The van der Waals surface area contributed by atoms with Crippen molar-refractivity contribution in [3.63, 3.8) is 0 Å².